The Kier molecular flexibility index (Phi) is 4.93. The van der Waals surface area contributed by atoms with E-state index in [1.165, 1.54) is 6.07 Å². The summed E-state index contributed by atoms with van der Waals surface area (Å²) in [5.41, 5.74) is 1.25. The average Bonchev–Trinajstić information content (AvgIpc) is 3.02. The average molecular weight is 401 g/mol. The van der Waals surface area contributed by atoms with Crippen LogP contribution in [-0.2, 0) is 19.3 Å². The van der Waals surface area contributed by atoms with Crippen molar-refractivity contribution in [3.63, 3.8) is 0 Å². The van der Waals surface area contributed by atoms with Gasteiger partial charge >= 0.3 is 6.18 Å². The first kappa shape index (κ1) is 19.3. The number of alkyl halides is 3. The number of hydrogen-bond donors (Lipinski definition) is 1. The summed E-state index contributed by atoms with van der Waals surface area (Å²) >= 11 is 0. The Morgan fingerprint density at radius 3 is 2.55 bits per heavy atom. The Bertz CT molecular complexity index is 1060. The van der Waals surface area contributed by atoms with E-state index < -0.39 is 11.7 Å². The molecule has 0 saturated heterocycles. The SMILES string of the molecule is CCN(O)Cc1nnc2n1-c1ccc(C(F)(F)F)cc1C(c1ccccc1)=NC2. The highest BCUT2D eigenvalue weighted by atomic mass is 19.4. The van der Waals surface area contributed by atoms with Gasteiger partial charge < -0.3 is 5.21 Å². The molecule has 150 valence electrons. The van der Waals surface area contributed by atoms with Crippen LogP contribution in [0.1, 0.15) is 35.3 Å². The van der Waals surface area contributed by atoms with Gasteiger partial charge in [-0.3, -0.25) is 9.56 Å². The van der Waals surface area contributed by atoms with Gasteiger partial charge in [-0.25, -0.2) is 0 Å². The van der Waals surface area contributed by atoms with Gasteiger partial charge in [0.25, 0.3) is 0 Å². The van der Waals surface area contributed by atoms with Gasteiger partial charge in [0.15, 0.2) is 11.6 Å². The molecule has 2 aromatic carbocycles. The van der Waals surface area contributed by atoms with Crippen LogP contribution in [0.5, 0.6) is 0 Å². The smallest absolute Gasteiger partial charge is 0.314 e. The lowest BCUT2D eigenvalue weighted by atomic mass is 9.98. The fourth-order valence-electron chi connectivity index (χ4n) is 3.29. The number of aromatic nitrogens is 3. The highest BCUT2D eigenvalue weighted by molar-refractivity contribution is 6.15. The van der Waals surface area contributed by atoms with Gasteiger partial charge in [0.1, 0.15) is 6.54 Å². The van der Waals surface area contributed by atoms with Crippen LogP contribution in [0.4, 0.5) is 13.2 Å². The number of hydrogen-bond acceptors (Lipinski definition) is 5. The molecule has 0 unspecified atom stereocenters. The van der Waals surface area contributed by atoms with Crippen LogP contribution in [-0.4, -0.2) is 37.3 Å². The number of hydroxylamine groups is 2. The van der Waals surface area contributed by atoms with E-state index in [4.69, 9.17) is 0 Å². The number of rotatable bonds is 4. The molecular formula is C20H18F3N5O. The molecule has 0 saturated carbocycles. The molecule has 1 N–H and O–H groups in total. The van der Waals surface area contributed by atoms with Crippen LogP contribution in [0.15, 0.2) is 53.5 Å². The molecule has 3 aromatic rings. The molecule has 6 nitrogen and oxygen atoms in total. The first-order valence-electron chi connectivity index (χ1n) is 9.07. The van der Waals surface area contributed by atoms with Gasteiger partial charge in [-0.15, -0.1) is 10.2 Å². The van der Waals surface area contributed by atoms with E-state index in [2.05, 4.69) is 15.2 Å². The molecule has 0 spiro atoms. The minimum absolute atomic E-state index is 0.0879. The minimum atomic E-state index is -4.48. The summed E-state index contributed by atoms with van der Waals surface area (Å²) in [5.74, 6) is 0.923. The number of halogens is 3. The summed E-state index contributed by atoms with van der Waals surface area (Å²) in [4.78, 5) is 4.56. The summed E-state index contributed by atoms with van der Waals surface area (Å²) in [6.07, 6.45) is -4.48. The quantitative estimate of drug-likeness (QED) is 0.675. The van der Waals surface area contributed by atoms with Gasteiger partial charge in [0, 0.05) is 17.7 Å². The second-order valence-corrected chi connectivity index (χ2v) is 6.61. The van der Waals surface area contributed by atoms with Crippen LogP contribution < -0.4 is 0 Å². The summed E-state index contributed by atoms with van der Waals surface area (Å²) in [5, 5.41) is 19.2. The third-order valence-corrected chi connectivity index (χ3v) is 4.73. The van der Waals surface area contributed by atoms with Crippen molar-refractivity contribution in [1.82, 2.24) is 19.8 Å². The lowest BCUT2D eigenvalue weighted by Crippen LogP contribution is -2.21. The van der Waals surface area contributed by atoms with Gasteiger partial charge in [-0.2, -0.15) is 18.2 Å². The zero-order chi connectivity index (χ0) is 20.6. The number of nitrogens with zero attached hydrogens (tertiary/aromatic N) is 5. The minimum Gasteiger partial charge on any atom is -0.314 e. The van der Waals surface area contributed by atoms with Crippen molar-refractivity contribution in [2.45, 2.75) is 26.2 Å². The topological polar surface area (TPSA) is 66.5 Å². The third kappa shape index (κ3) is 3.66. The molecule has 0 bridgehead atoms. The van der Waals surface area contributed by atoms with Gasteiger partial charge in [0.05, 0.1) is 23.5 Å². The molecule has 1 aliphatic heterocycles. The molecule has 0 aliphatic carbocycles. The first-order valence-corrected chi connectivity index (χ1v) is 9.07. The van der Waals surface area contributed by atoms with Crippen molar-refractivity contribution < 1.29 is 18.4 Å². The van der Waals surface area contributed by atoms with Gasteiger partial charge in [-0.1, -0.05) is 37.3 Å². The Hall–Kier alpha value is -3.04. The normalized spacial score (nSPS) is 13.7. The highest BCUT2D eigenvalue weighted by Crippen LogP contribution is 2.34. The van der Waals surface area contributed by atoms with Gasteiger partial charge in [0.2, 0.25) is 0 Å². The molecule has 1 aromatic heterocycles. The zero-order valence-electron chi connectivity index (χ0n) is 15.6. The molecule has 9 heteroatoms. The fraction of sp³-hybridized carbons (Fsp3) is 0.250. The van der Waals surface area contributed by atoms with Crippen molar-refractivity contribution >= 4 is 5.71 Å². The number of fused-ring (bicyclic) bond motifs is 3. The predicted molar refractivity (Wildman–Crippen MR) is 100 cm³/mol. The second-order valence-electron chi connectivity index (χ2n) is 6.61. The molecule has 0 atom stereocenters. The summed E-state index contributed by atoms with van der Waals surface area (Å²) < 4.78 is 41.9. The monoisotopic (exact) mass is 401 g/mol. The lowest BCUT2D eigenvalue weighted by molar-refractivity contribution is -0.137. The fourth-order valence-corrected chi connectivity index (χ4v) is 3.29. The van der Waals surface area contributed by atoms with Crippen molar-refractivity contribution in [1.29, 1.82) is 0 Å². The van der Waals surface area contributed by atoms with Crippen molar-refractivity contribution in [2.24, 2.45) is 4.99 Å². The van der Waals surface area contributed by atoms with E-state index in [9.17, 15) is 18.4 Å². The molecule has 2 heterocycles. The van der Waals surface area contributed by atoms with E-state index in [-0.39, 0.29) is 13.1 Å². The first-order chi connectivity index (χ1) is 13.9. The van der Waals surface area contributed by atoms with E-state index in [1.54, 1.807) is 11.5 Å². The molecule has 0 fully saturated rings. The maximum atomic E-state index is 13.4. The maximum absolute atomic E-state index is 13.4. The van der Waals surface area contributed by atoms with Crippen LogP contribution in [0.25, 0.3) is 5.69 Å². The molecule has 0 radical (unpaired) electrons. The molecule has 29 heavy (non-hydrogen) atoms. The number of benzene rings is 2. The molecular weight excluding hydrogens is 383 g/mol. The predicted octanol–water partition coefficient (Wildman–Crippen LogP) is 3.85. The Morgan fingerprint density at radius 1 is 1.10 bits per heavy atom. The summed E-state index contributed by atoms with van der Waals surface area (Å²) in [7, 11) is 0. The van der Waals surface area contributed by atoms with E-state index in [0.29, 0.717) is 40.7 Å². The van der Waals surface area contributed by atoms with E-state index >= 15 is 0 Å². The Balaban J connectivity index is 1.93. The molecule has 4 rings (SSSR count). The van der Waals surface area contributed by atoms with Gasteiger partial charge in [-0.05, 0) is 18.2 Å². The largest absolute Gasteiger partial charge is 0.416 e. The standard InChI is InChI=1S/C20H18F3N5O/c1-2-27(29)12-18-26-25-17-11-24-19(13-6-4-3-5-7-13)15-10-14(20(21,22)23)8-9-16(15)28(17)18/h3-10,29H,2,11-12H2,1H3. The van der Waals surface area contributed by atoms with Crippen LogP contribution >= 0.6 is 0 Å². The summed E-state index contributed by atoms with van der Waals surface area (Å²) in [6.45, 7) is 2.39. The zero-order valence-corrected chi connectivity index (χ0v) is 15.6. The maximum Gasteiger partial charge on any atom is 0.416 e. The molecule has 0 amide bonds. The Labute approximate surface area is 164 Å². The summed E-state index contributed by atoms with van der Waals surface area (Å²) in [6, 6.07) is 12.6. The second kappa shape index (κ2) is 7.41. The van der Waals surface area contributed by atoms with Crippen LogP contribution in [0.3, 0.4) is 0 Å². The Morgan fingerprint density at radius 2 is 1.86 bits per heavy atom. The van der Waals surface area contributed by atoms with Crippen LogP contribution in [0, 0.1) is 0 Å². The number of aliphatic imine (C=N–C) groups is 1. The lowest BCUT2D eigenvalue weighted by Gasteiger charge is -2.17. The van der Waals surface area contributed by atoms with Crippen molar-refractivity contribution in [2.75, 3.05) is 6.54 Å². The van der Waals surface area contributed by atoms with E-state index in [1.807, 2.05) is 30.3 Å². The van der Waals surface area contributed by atoms with Crippen LogP contribution in [0.2, 0.25) is 0 Å². The van der Waals surface area contributed by atoms with E-state index in [0.717, 1.165) is 17.2 Å². The molecule has 1 aliphatic rings. The van der Waals surface area contributed by atoms with Crippen molar-refractivity contribution in [3.05, 3.63) is 76.9 Å². The third-order valence-electron chi connectivity index (χ3n) is 4.73. The van der Waals surface area contributed by atoms with Crippen molar-refractivity contribution in [3.8, 4) is 5.69 Å². The highest BCUT2D eigenvalue weighted by Gasteiger charge is 2.33.